The highest BCUT2D eigenvalue weighted by atomic mass is 35.5. The van der Waals surface area contributed by atoms with E-state index in [2.05, 4.69) is 4.98 Å². The van der Waals surface area contributed by atoms with Crippen LogP contribution in [0.5, 0.6) is 0 Å². The first-order valence-corrected chi connectivity index (χ1v) is 5.11. The summed E-state index contributed by atoms with van der Waals surface area (Å²) in [5, 5.41) is 0. The number of benzene rings is 1. The van der Waals surface area contributed by atoms with Gasteiger partial charge in [-0.15, -0.1) is 11.6 Å². The molecular weight excluding hydrogens is 213 g/mol. The van der Waals surface area contributed by atoms with Crippen molar-refractivity contribution in [2.24, 2.45) is 0 Å². The van der Waals surface area contributed by atoms with E-state index in [9.17, 15) is 4.39 Å². The smallest absolute Gasteiger partial charge is 0.213 e. The Kier molecular flexibility index (Phi) is 2.97. The van der Waals surface area contributed by atoms with Gasteiger partial charge in [-0.25, -0.2) is 4.98 Å². The van der Waals surface area contributed by atoms with Crippen LogP contribution < -0.4 is 0 Å². The van der Waals surface area contributed by atoms with Crippen LogP contribution in [0, 0.1) is 5.95 Å². The number of nitrogens with zero attached hydrogens (tertiary/aromatic N) is 1. The molecule has 0 saturated heterocycles. The molecule has 2 rings (SSSR count). The predicted octanol–water partition coefficient (Wildman–Crippen LogP) is 3.63. The van der Waals surface area contributed by atoms with Gasteiger partial charge in [-0.3, -0.25) is 0 Å². The van der Waals surface area contributed by atoms with Crippen molar-refractivity contribution >= 4 is 11.6 Å². The first-order valence-electron chi connectivity index (χ1n) is 4.57. The minimum absolute atomic E-state index is 0.464. The van der Waals surface area contributed by atoms with Crippen molar-refractivity contribution in [3.63, 3.8) is 0 Å². The van der Waals surface area contributed by atoms with Gasteiger partial charge in [0.25, 0.3) is 0 Å². The molecule has 1 aromatic heterocycles. The van der Waals surface area contributed by atoms with Crippen LogP contribution in [-0.4, -0.2) is 4.98 Å². The first-order chi connectivity index (χ1) is 7.29. The molecule has 0 fully saturated rings. The Balaban J connectivity index is 2.37. The van der Waals surface area contributed by atoms with Crippen LogP contribution in [0.2, 0.25) is 0 Å². The van der Waals surface area contributed by atoms with Crippen LogP contribution in [-0.2, 0) is 5.88 Å². The summed E-state index contributed by atoms with van der Waals surface area (Å²) in [5.41, 5.74) is 2.57. The van der Waals surface area contributed by atoms with Crippen molar-refractivity contribution < 1.29 is 4.39 Å². The molecule has 0 saturated carbocycles. The van der Waals surface area contributed by atoms with Crippen LogP contribution in [0.4, 0.5) is 4.39 Å². The summed E-state index contributed by atoms with van der Waals surface area (Å²) in [7, 11) is 0. The molecule has 0 aliphatic carbocycles. The van der Waals surface area contributed by atoms with Gasteiger partial charge in [0, 0.05) is 11.4 Å². The summed E-state index contributed by atoms with van der Waals surface area (Å²) in [4.78, 5) is 3.80. The maximum atomic E-state index is 12.9. The fourth-order valence-electron chi connectivity index (χ4n) is 1.33. The zero-order chi connectivity index (χ0) is 10.7. The van der Waals surface area contributed by atoms with Gasteiger partial charge in [-0.05, 0) is 17.7 Å². The molecule has 0 unspecified atom stereocenters. The molecule has 15 heavy (non-hydrogen) atoms. The van der Waals surface area contributed by atoms with Gasteiger partial charge in [0.05, 0.1) is 5.69 Å². The summed E-state index contributed by atoms with van der Waals surface area (Å²) in [6.07, 6.45) is 0. The number of pyridine rings is 1. The lowest BCUT2D eigenvalue weighted by Crippen LogP contribution is -1.87. The third-order valence-corrected chi connectivity index (χ3v) is 2.43. The van der Waals surface area contributed by atoms with E-state index in [-0.39, 0.29) is 0 Å². The summed E-state index contributed by atoms with van der Waals surface area (Å²) in [6, 6.07) is 12.4. The summed E-state index contributed by atoms with van der Waals surface area (Å²) < 4.78 is 12.9. The first kappa shape index (κ1) is 10.1. The number of hydrogen-bond acceptors (Lipinski definition) is 1. The molecule has 0 atom stereocenters. The molecule has 0 N–H and O–H groups in total. The number of hydrogen-bond donors (Lipinski definition) is 0. The fourth-order valence-corrected chi connectivity index (χ4v) is 1.51. The number of alkyl halides is 1. The van der Waals surface area contributed by atoms with E-state index in [0.29, 0.717) is 11.6 Å². The Morgan fingerprint density at radius 1 is 1.07 bits per heavy atom. The van der Waals surface area contributed by atoms with E-state index in [1.54, 1.807) is 12.1 Å². The van der Waals surface area contributed by atoms with Gasteiger partial charge < -0.3 is 0 Å². The molecule has 0 radical (unpaired) electrons. The maximum Gasteiger partial charge on any atom is 0.213 e. The molecule has 0 spiro atoms. The zero-order valence-electron chi connectivity index (χ0n) is 7.95. The predicted molar refractivity (Wildman–Crippen MR) is 59.2 cm³/mol. The highest BCUT2D eigenvalue weighted by Crippen LogP contribution is 2.18. The van der Waals surface area contributed by atoms with Crippen LogP contribution in [0.25, 0.3) is 11.3 Å². The number of aromatic nitrogens is 1. The van der Waals surface area contributed by atoms with Gasteiger partial charge in [0.15, 0.2) is 0 Å². The Morgan fingerprint density at radius 3 is 2.40 bits per heavy atom. The molecule has 0 aliphatic heterocycles. The average molecular weight is 222 g/mol. The van der Waals surface area contributed by atoms with E-state index in [0.717, 1.165) is 11.1 Å². The Morgan fingerprint density at radius 2 is 1.80 bits per heavy atom. The summed E-state index contributed by atoms with van der Waals surface area (Å²) in [5.74, 6) is 0.0190. The van der Waals surface area contributed by atoms with E-state index in [1.165, 1.54) is 6.07 Å². The van der Waals surface area contributed by atoms with Crippen molar-refractivity contribution in [3.8, 4) is 11.3 Å². The minimum Gasteiger partial charge on any atom is -0.220 e. The van der Waals surface area contributed by atoms with Crippen LogP contribution in [0.3, 0.4) is 0 Å². The molecule has 76 valence electrons. The van der Waals surface area contributed by atoms with Crippen molar-refractivity contribution in [2.45, 2.75) is 5.88 Å². The molecule has 1 nitrogen and oxygen atoms in total. The lowest BCUT2D eigenvalue weighted by atomic mass is 10.1. The van der Waals surface area contributed by atoms with E-state index >= 15 is 0 Å². The maximum absolute atomic E-state index is 12.9. The SMILES string of the molecule is Fc1cccc(-c2ccc(CCl)cc2)n1. The van der Waals surface area contributed by atoms with Crippen molar-refractivity contribution in [2.75, 3.05) is 0 Å². The molecule has 3 heteroatoms. The van der Waals surface area contributed by atoms with Crippen LogP contribution in [0.1, 0.15) is 5.56 Å². The normalized spacial score (nSPS) is 10.3. The summed E-state index contributed by atoms with van der Waals surface area (Å²) >= 11 is 5.67. The Labute approximate surface area is 92.5 Å². The minimum atomic E-state index is -0.464. The third-order valence-electron chi connectivity index (χ3n) is 2.12. The second-order valence-electron chi connectivity index (χ2n) is 3.18. The second-order valence-corrected chi connectivity index (χ2v) is 3.44. The zero-order valence-corrected chi connectivity index (χ0v) is 8.71. The van der Waals surface area contributed by atoms with E-state index < -0.39 is 5.95 Å². The lowest BCUT2D eigenvalue weighted by Gasteiger charge is -2.01. The number of rotatable bonds is 2. The Hall–Kier alpha value is -1.41. The molecule has 1 aromatic carbocycles. The topological polar surface area (TPSA) is 12.9 Å². The standard InChI is InChI=1S/C12H9ClFN/c13-8-9-4-6-10(7-5-9)11-2-1-3-12(14)15-11/h1-7H,8H2. The van der Waals surface area contributed by atoms with Crippen molar-refractivity contribution in [1.82, 2.24) is 4.98 Å². The largest absolute Gasteiger partial charge is 0.220 e. The number of halogens is 2. The second kappa shape index (κ2) is 4.41. The van der Waals surface area contributed by atoms with Gasteiger partial charge >= 0.3 is 0 Å². The molecule has 0 bridgehead atoms. The Bertz CT molecular complexity index is 453. The fraction of sp³-hybridized carbons (Fsp3) is 0.0833. The summed E-state index contributed by atoms with van der Waals surface area (Å²) in [6.45, 7) is 0. The highest BCUT2D eigenvalue weighted by molar-refractivity contribution is 6.17. The molecule has 2 aromatic rings. The lowest BCUT2D eigenvalue weighted by molar-refractivity contribution is 0.585. The van der Waals surface area contributed by atoms with Gasteiger partial charge in [-0.1, -0.05) is 30.3 Å². The molecular formula is C12H9ClFN. The molecule has 0 aliphatic rings. The van der Waals surface area contributed by atoms with Gasteiger partial charge in [0.2, 0.25) is 5.95 Å². The van der Waals surface area contributed by atoms with Gasteiger partial charge in [-0.2, -0.15) is 4.39 Å². The van der Waals surface area contributed by atoms with Crippen molar-refractivity contribution in [3.05, 3.63) is 54.0 Å². The van der Waals surface area contributed by atoms with E-state index in [1.807, 2.05) is 24.3 Å². The molecule has 0 amide bonds. The molecule has 1 heterocycles. The van der Waals surface area contributed by atoms with Crippen LogP contribution in [0.15, 0.2) is 42.5 Å². The van der Waals surface area contributed by atoms with Crippen molar-refractivity contribution in [1.29, 1.82) is 0 Å². The monoisotopic (exact) mass is 221 g/mol. The average Bonchev–Trinajstić information content (AvgIpc) is 2.29. The van der Waals surface area contributed by atoms with Crippen LogP contribution >= 0.6 is 11.6 Å². The quantitative estimate of drug-likeness (QED) is 0.558. The highest BCUT2D eigenvalue weighted by Gasteiger charge is 2.00. The van der Waals surface area contributed by atoms with Gasteiger partial charge in [0.1, 0.15) is 0 Å². The third kappa shape index (κ3) is 2.34. The van der Waals surface area contributed by atoms with E-state index in [4.69, 9.17) is 11.6 Å².